The number of aromatic nitrogens is 2. The van der Waals surface area contributed by atoms with Crippen LogP contribution in [0.15, 0.2) is 33.1 Å². The quantitative estimate of drug-likeness (QED) is 0.799. The van der Waals surface area contributed by atoms with E-state index in [0.29, 0.717) is 17.1 Å². The normalized spacial score (nSPS) is 10.8. The van der Waals surface area contributed by atoms with E-state index in [2.05, 4.69) is 15.5 Å². The van der Waals surface area contributed by atoms with Crippen molar-refractivity contribution in [1.29, 1.82) is 0 Å². The van der Waals surface area contributed by atoms with E-state index in [0.717, 1.165) is 18.2 Å². The Labute approximate surface area is 129 Å². The van der Waals surface area contributed by atoms with E-state index in [-0.39, 0.29) is 11.9 Å². The van der Waals surface area contributed by atoms with Crippen LogP contribution in [-0.2, 0) is 0 Å². The Morgan fingerprint density at radius 3 is 2.43 bits per heavy atom. The molecule has 8 heteroatoms. The standard InChI is InChI=1S/C15H11F2N3O3/c1-7-6-9(8(2)22-7)14-19-20-15(23-14)18-13(21)12-10(16)4-3-5-11(12)17/h3-6H,1-2H3,(H,18,20,21). The van der Waals surface area contributed by atoms with Gasteiger partial charge in [-0.1, -0.05) is 11.2 Å². The number of amides is 1. The van der Waals surface area contributed by atoms with Crippen LogP contribution >= 0.6 is 0 Å². The van der Waals surface area contributed by atoms with Crippen molar-refractivity contribution in [1.82, 2.24) is 10.2 Å². The summed E-state index contributed by atoms with van der Waals surface area (Å²) in [5, 5.41) is 9.57. The van der Waals surface area contributed by atoms with Gasteiger partial charge in [-0.05, 0) is 32.0 Å². The predicted molar refractivity (Wildman–Crippen MR) is 75.8 cm³/mol. The third kappa shape index (κ3) is 2.83. The van der Waals surface area contributed by atoms with E-state index in [4.69, 9.17) is 8.83 Å². The summed E-state index contributed by atoms with van der Waals surface area (Å²) in [6, 6.07) is 4.55. The molecule has 0 spiro atoms. The Balaban J connectivity index is 1.85. The first-order chi connectivity index (χ1) is 11.0. The van der Waals surface area contributed by atoms with Crippen LogP contribution in [0.1, 0.15) is 21.9 Å². The Morgan fingerprint density at radius 1 is 1.13 bits per heavy atom. The highest BCUT2D eigenvalue weighted by molar-refractivity contribution is 6.03. The number of nitrogens with one attached hydrogen (secondary N) is 1. The molecule has 23 heavy (non-hydrogen) atoms. The van der Waals surface area contributed by atoms with Crippen LogP contribution in [0.25, 0.3) is 11.5 Å². The summed E-state index contributed by atoms with van der Waals surface area (Å²) in [5.74, 6) is -1.62. The molecule has 2 aromatic heterocycles. The smallest absolute Gasteiger partial charge is 0.322 e. The Morgan fingerprint density at radius 2 is 1.83 bits per heavy atom. The molecule has 1 N–H and O–H groups in total. The molecule has 0 saturated heterocycles. The maximum absolute atomic E-state index is 13.5. The zero-order valence-corrected chi connectivity index (χ0v) is 12.2. The van der Waals surface area contributed by atoms with Crippen LogP contribution in [0.4, 0.5) is 14.8 Å². The Kier molecular flexibility index (Phi) is 3.65. The van der Waals surface area contributed by atoms with Crippen molar-refractivity contribution in [3.05, 3.63) is 53.0 Å². The summed E-state index contributed by atoms with van der Waals surface area (Å²) in [4.78, 5) is 11.9. The molecular formula is C15H11F2N3O3. The molecule has 1 amide bonds. The first kappa shape index (κ1) is 14.9. The summed E-state index contributed by atoms with van der Waals surface area (Å²) >= 11 is 0. The lowest BCUT2D eigenvalue weighted by Crippen LogP contribution is -2.16. The maximum Gasteiger partial charge on any atom is 0.322 e. The number of hydrogen-bond donors (Lipinski definition) is 1. The zero-order valence-electron chi connectivity index (χ0n) is 12.2. The SMILES string of the molecule is Cc1cc(-c2nnc(NC(=O)c3c(F)cccc3F)o2)c(C)o1. The minimum Gasteiger partial charge on any atom is -0.466 e. The summed E-state index contributed by atoms with van der Waals surface area (Å²) in [7, 11) is 0. The second kappa shape index (κ2) is 5.64. The molecule has 2 heterocycles. The second-order valence-corrected chi connectivity index (χ2v) is 4.79. The van der Waals surface area contributed by atoms with Gasteiger partial charge in [0.25, 0.3) is 11.8 Å². The van der Waals surface area contributed by atoms with E-state index >= 15 is 0 Å². The predicted octanol–water partition coefficient (Wildman–Crippen LogP) is 3.48. The van der Waals surface area contributed by atoms with Gasteiger partial charge in [0.15, 0.2) is 0 Å². The van der Waals surface area contributed by atoms with Crippen LogP contribution in [0.5, 0.6) is 0 Å². The molecule has 0 atom stereocenters. The number of hydrogen-bond acceptors (Lipinski definition) is 5. The molecule has 0 saturated carbocycles. The fourth-order valence-electron chi connectivity index (χ4n) is 2.10. The van der Waals surface area contributed by atoms with E-state index in [1.807, 2.05) is 0 Å². The van der Waals surface area contributed by atoms with E-state index in [1.165, 1.54) is 0 Å². The lowest BCUT2D eigenvalue weighted by molar-refractivity contribution is 0.101. The lowest BCUT2D eigenvalue weighted by atomic mass is 10.2. The highest BCUT2D eigenvalue weighted by Crippen LogP contribution is 2.26. The Hall–Kier alpha value is -3.03. The molecular weight excluding hydrogens is 308 g/mol. The highest BCUT2D eigenvalue weighted by Gasteiger charge is 2.20. The molecule has 1 aromatic carbocycles. The largest absolute Gasteiger partial charge is 0.466 e. The number of aryl methyl sites for hydroxylation is 2. The number of halogens is 2. The van der Waals surface area contributed by atoms with Crippen molar-refractivity contribution in [2.75, 3.05) is 5.32 Å². The third-order valence-corrected chi connectivity index (χ3v) is 3.11. The van der Waals surface area contributed by atoms with Crippen molar-refractivity contribution < 1.29 is 22.4 Å². The van der Waals surface area contributed by atoms with Gasteiger partial charge in [0.05, 0.1) is 5.56 Å². The molecule has 0 fully saturated rings. The molecule has 0 unspecified atom stereocenters. The summed E-state index contributed by atoms with van der Waals surface area (Å²) in [6.07, 6.45) is 0. The van der Waals surface area contributed by atoms with E-state index in [1.54, 1.807) is 19.9 Å². The summed E-state index contributed by atoms with van der Waals surface area (Å²) < 4.78 is 37.7. The van der Waals surface area contributed by atoms with Gasteiger partial charge in [-0.25, -0.2) is 8.78 Å². The van der Waals surface area contributed by atoms with Gasteiger partial charge >= 0.3 is 6.01 Å². The van der Waals surface area contributed by atoms with Crippen LogP contribution < -0.4 is 5.32 Å². The number of anilines is 1. The van der Waals surface area contributed by atoms with Crippen molar-refractivity contribution in [3.8, 4) is 11.5 Å². The minimum atomic E-state index is -1.02. The molecule has 0 aliphatic heterocycles. The van der Waals surface area contributed by atoms with Gasteiger partial charge in [0.2, 0.25) is 0 Å². The molecule has 0 bridgehead atoms. The van der Waals surface area contributed by atoms with Crippen molar-refractivity contribution in [2.24, 2.45) is 0 Å². The molecule has 6 nitrogen and oxygen atoms in total. The molecule has 0 radical (unpaired) electrons. The average Bonchev–Trinajstić information content (AvgIpc) is 3.05. The second-order valence-electron chi connectivity index (χ2n) is 4.79. The number of benzene rings is 1. The molecule has 3 aromatic rings. The zero-order chi connectivity index (χ0) is 16.6. The number of rotatable bonds is 3. The first-order valence-electron chi connectivity index (χ1n) is 6.62. The molecule has 118 valence electrons. The maximum atomic E-state index is 13.5. The summed E-state index contributed by atoms with van der Waals surface area (Å²) in [6.45, 7) is 3.48. The molecule has 0 aliphatic rings. The van der Waals surface area contributed by atoms with Crippen LogP contribution in [0.3, 0.4) is 0 Å². The highest BCUT2D eigenvalue weighted by atomic mass is 19.1. The minimum absolute atomic E-state index is 0.128. The average molecular weight is 319 g/mol. The van der Waals surface area contributed by atoms with Crippen molar-refractivity contribution >= 4 is 11.9 Å². The van der Waals surface area contributed by atoms with Gasteiger partial charge in [0, 0.05) is 0 Å². The molecule has 3 rings (SSSR count). The lowest BCUT2D eigenvalue weighted by Gasteiger charge is -2.03. The number of carbonyl (C=O) groups excluding carboxylic acids is 1. The van der Waals surface area contributed by atoms with E-state index in [9.17, 15) is 13.6 Å². The topological polar surface area (TPSA) is 81.2 Å². The monoisotopic (exact) mass is 319 g/mol. The van der Waals surface area contributed by atoms with Gasteiger partial charge in [-0.3, -0.25) is 10.1 Å². The number of furan rings is 1. The molecule has 0 aliphatic carbocycles. The van der Waals surface area contributed by atoms with Crippen molar-refractivity contribution in [2.45, 2.75) is 13.8 Å². The van der Waals surface area contributed by atoms with Crippen LogP contribution in [0.2, 0.25) is 0 Å². The first-order valence-corrected chi connectivity index (χ1v) is 6.62. The van der Waals surface area contributed by atoms with Gasteiger partial charge in [-0.2, -0.15) is 0 Å². The number of nitrogens with zero attached hydrogens (tertiary/aromatic N) is 2. The fourth-order valence-corrected chi connectivity index (χ4v) is 2.10. The number of carbonyl (C=O) groups is 1. The van der Waals surface area contributed by atoms with Crippen LogP contribution in [-0.4, -0.2) is 16.1 Å². The summed E-state index contributed by atoms with van der Waals surface area (Å²) in [5.41, 5.74) is -0.143. The fraction of sp³-hybridized carbons (Fsp3) is 0.133. The van der Waals surface area contributed by atoms with Gasteiger partial charge in [-0.15, -0.1) is 5.10 Å². The van der Waals surface area contributed by atoms with E-state index < -0.39 is 23.1 Å². The van der Waals surface area contributed by atoms with Gasteiger partial charge < -0.3 is 8.83 Å². The Bertz CT molecular complexity index is 866. The van der Waals surface area contributed by atoms with Crippen LogP contribution in [0, 0.1) is 25.5 Å². The third-order valence-electron chi connectivity index (χ3n) is 3.11. The van der Waals surface area contributed by atoms with Gasteiger partial charge in [0.1, 0.15) is 28.7 Å². The van der Waals surface area contributed by atoms with Crippen molar-refractivity contribution in [3.63, 3.8) is 0 Å².